The molecule has 0 heterocycles. The van der Waals surface area contributed by atoms with Crippen molar-refractivity contribution in [1.82, 2.24) is 0 Å². The molecule has 0 amide bonds. The summed E-state index contributed by atoms with van der Waals surface area (Å²) < 4.78 is 8.70. The Kier molecular flexibility index (Phi) is 31.4. The molecular formula is H4CsKO3P+. The fraction of sp³-hybridized carbons (Fsp3) is 0. The van der Waals surface area contributed by atoms with Gasteiger partial charge in [0.2, 0.25) is 0 Å². The Hall–Kier alpha value is 3.71. The number of hydrogen-bond donors (Lipinski definition) is 2. The molecule has 0 bridgehead atoms. The molecular weight excluding hydrogens is 251 g/mol. The molecule has 0 aliphatic rings. The predicted octanol–water partition coefficient (Wildman–Crippen LogP) is -6.14. The second kappa shape index (κ2) is 11.5. The molecule has 0 aliphatic heterocycles. The van der Waals surface area contributed by atoms with Crippen LogP contribution in [0, 0.1) is 0 Å². The first kappa shape index (κ1) is 16.4. The summed E-state index contributed by atoms with van der Waals surface area (Å²) in [4.78, 5) is 14.2. The molecule has 0 aliphatic carbocycles. The second-order valence-corrected chi connectivity index (χ2v) is 0.758. The van der Waals surface area contributed by atoms with E-state index in [1.54, 1.807) is 0 Å². The average Bonchev–Trinajstić information content (AvgIpc) is 0.811. The third-order valence-electron chi connectivity index (χ3n) is 0. The van der Waals surface area contributed by atoms with E-state index in [1.165, 1.54) is 0 Å². The molecule has 3 nitrogen and oxygen atoms in total. The third-order valence-corrected chi connectivity index (χ3v) is 0. The van der Waals surface area contributed by atoms with Gasteiger partial charge in [0.25, 0.3) is 0 Å². The Morgan fingerprint density at radius 1 is 1.50 bits per heavy atom. The van der Waals surface area contributed by atoms with E-state index in [-0.39, 0.29) is 123 Å². The summed E-state index contributed by atoms with van der Waals surface area (Å²) in [5.74, 6) is 0. The molecule has 0 aromatic carbocycles. The topological polar surface area (TPSA) is 57.5 Å². The van der Waals surface area contributed by atoms with Crippen LogP contribution in [0.3, 0.4) is 0 Å². The van der Waals surface area contributed by atoms with E-state index >= 15 is 0 Å². The van der Waals surface area contributed by atoms with Crippen LogP contribution in [0.1, 0.15) is 2.85 Å². The zero-order valence-electron chi connectivity index (χ0n) is 5.75. The Bertz CT molecular complexity index is 40.3. The molecule has 0 spiro atoms. The number of rotatable bonds is 0. The van der Waals surface area contributed by atoms with Crippen molar-refractivity contribution in [3.8, 4) is 0 Å². The van der Waals surface area contributed by atoms with Gasteiger partial charge in [-0.2, -0.15) is 0 Å². The quantitative estimate of drug-likeness (QED) is 0.334. The van der Waals surface area contributed by atoms with Crippen molar-refractivity contribution in [1.29, 1.82) is 0 Å². The number of hydrogen-bond acceptors (Lipinski definition) is 1. The van der Waals surface area contributed by atoms with Gasteiger partial charge in [-0.1, -0.05) is 0 Å². The molecule has 0 saturated carbocycles. The molecule has 2 N–H and O–H groups in total. The van der Waals surface area contributed by atoms with Crippen LogP contribution < -0.4 is 120 Å². The minimum Gasteiger partial charge on any atom is -1.00 e. The summed E-state index contributed by atoms with van der Waals surface area (Å²) >= 11 is 0. The van der Waals surface area contributed by atoms with Gasteiger partial charge < -0.3 is 2.85 Å². The first-order chi connectivity index (χ1) is 1.73. The Balaban J connectivity index is -0.00000000750. The van der Waals surface area contributed by atoms with Gasteiger partial charge in [-0.3, -0.25) is 0 Å². The minimum absolute atomic E-state index is 0. The summed E-state index contributed by atoms with van der Waals surface area (Å²) in [6, 6.07) is 0. The van der Waals surface area contributed by atoms with E-state index in [0.29, 0.717) is 0 Å². The fourth-order valence-electron chi connectivity index (χ4n) is 0. The van der Waals surface area contributed by atoms with Gasteiger partial charge >= 0.3 is 129 Å². The summed E-state index contributed by atoms with van der Waals surface area (Å²) in [6.45, 7) is 0. The summed E-state index contributed by atoms with van der Waals surface area (Å²) in [5, 5.41) is 0. The van der Waals surface area contributed by atoms with E-state index in [4.69, 9.17) is 14.4 Å². The maximum Gasteiger partial charge on any atom is 1.00 e. The first-order valence-corrected chi connectivity index (χ1v) is 1.75. The van der Waals surface area contributed by atoms with Gasteiger partial charge in [0, 0.05) is 4.57 Å². The standard InChI is InChI=1S/Cs.K.HO3P.2H/c;;1-4(2)3;;/h;;(H-,1,2,3);;/q2*+1;;2*-1/p+1. The van der Waals surface area contributed by atoms with Crippen LogP contribution in [0.4, 0.5) is 0 Å². The molecule has 0 atom stereocenters. The summed E-state index contributed by atoms with van der Waals surface area (Å²) in [6.07, 6.45) is 0. The molecule has 0 saturated heterocycles. The van der Waals surface area contributed by atoms with Crippen LogP contribution in [0.25, 0.3) is 0 Å². The molecule has 6 heavy (non-hydrogen) atoms. The zero-order chi connectivity index (χ0) is 3.58. The maximum atomic E-state index is 8.70. The van der Waals surface area contributed by atoms with Crippen molar-refractivity contribution in [3.05, 3.63) is 0 Å². The van der Waals surface area contributed by atoms with Gasteiger partial charge in [-0.15, -0.1) is 9.79 Å². The zero-order valence-corrected chi connectivity index (χ0v) is 14.0. The first-order valence-electron chi connectivity index (χ1n) is 0.583. The molecule has 0 fully saturated rings. The van der Waals surface area contributed by atoms with E-state index in [2.05, 4.69) is 0 Å². The van der Waals surface area contributed by atoms with E-state index in [9.17, 15) is 0 Å². The van der Waals surface area contributed by atoms with Gasteiger partial charge in [0.15, 0.2) is 0 Å². The van der Waals surface area contributed by atoms with Crippen LogP contribution in [0.15, 0.2) is 0 Å². The fourth-order valence-corrected chi connectivity index (χ4v) is 0. The summed E-state index contributed by atoms with van der Waals surface area (Å²) in [5.41, 5.74) is 0. The SMILES string of the molecule is O=[P+](O)O.[Cs+].[H-].[H-].[K+]. The second-order valence-electron chi connectivity index (χ2n) is 0.253. The normalized spacial score (nSPS) is 4.33. The van der Waals surface area contributed by atoms with Crippen molar-refractivity contribution >= 4 is 8.25 Å². The monoisotopic (exact) mass is 255 g/mol. The van der Waals surface area contributed by atoms with Crippen molar-refractivity contribution in [2.75, 3.05) is 0 Å². The molecule has 0 rings (SSSR count). The van der Waals surface area contributed by atoms with Crippen LogP contribution in [0.5, 0.6) is 0 Å². The maximum absolute atomic E-state index is 8.70. The van der Waals surface area contributed by atoms with Crippen molar-refractivity contribution in [3.63, 3.8) is 0 Å². The predicted molar refractivity (Wildman–Crippen MR) is 14.3 cm³/mol. The van der Waals surface area contributed by atoms with E-state index < -0.39 is 8.25 Å². The van der Waals surface area contributed by atoms with Crippen molar-refractivity contribution in [2.45, 2.75) is 0 Å². The molecule has 0 unspecified atom stereocenters. The minimum atomic E-state index is -2.87. The smallest absolute Gasteiger partial charge is 1.00 e. The van der Waals surface area contributed by atoms with Gasteiger partial charge in [-0.05, 0) is 0 Å². The van der Waals surface area contributed by atoms with Crippen LogP contribution in [-0.4, -0.2) is 9.79 Å². The molecule has 0 aromatic heterocycles. The van der Waals surface area contributed by atoms with Gasteiger partial charge in [0.1, 0.15) is 0 Å². The van der Waals surface area contributed by atoms with E-state index in [1.807, 2.05) is 0 Å². The van der Waals surface area contributed by atoms with Crippen LogP contribution in [0.2, 0.25) is 0 Å². The van der Waals surface area contributed by atoms with Gasteiger partial charge in [-0.25, -0.2) is 0 Å². The Morgan fingerprint density at radius 2 is 1.50 bits per heavy atom. The molecule has 28 valence electrons. The third kappa shape index (κ3) is 25.2. The largest absolute Gasteiger partial charge is 1.00 e. The average molecular weight is 255 g/mol. The molecule has 0 aromatic rings. The summed E-state index contributed by atoms with van der Waals surface area (Å²) in [7, 11) is -2.87. The van der Waals surface area contributed by atoms with Gasteiger partial charge in [0.05, 0.1) is 0 Å². The van der Waals surface area contributed by atoms with Crippen LogP contribution in [-0.2, 0) is 4.57 Å². The van der Waals surface area contributed by atoms with Crippen LogP contribution >= 0.6 is 8.25 Å². The van der Waals surface area contributed by atoms with Crippen molar-refractivity contribution in [2.24, 2.45) is 0 Å². The Labute approximate surface area is 141 Å². The van der Waals surface area contributed by atoms with E-state index in [0.717, 1.165) is 0 Å². The van der Waals surface area contributed by atoms with Crippen molar-refractivity contribution < 1.29 is 137 Å². The Morgan fingerprint density at radius 3 is 1.50 bits per heavy atom. The molecule has 0 radical (unpaired) electrons. The molecule has 6 heteroatoms.